The van der Waals surface area contributed by atoms with E-state index in [4.69, 9.17) is 10.5 Å². The largest absolute Gasteiger partial charge is 0.462 e. The van der Waals surface area contributed by atoms with Gasteiger partial charge in [-0.25, -0.2) is 4.79 Å². The number of ether oxygens (including phenoxy) is 1. The molecule has 2 N–H and O–H groups in total. The van der Waals surface area contributed by atoms with E-state index in [-0.39, 0.29) is 5.97 Å². The van der Waals surface area contributed by atoms with E-state index in [1.807, 2.05) is 12.1 Å². The highest BCUT2D eigenvalue weighted by atomic mass is 79.9. The zero-order chi connectivity index (χ0) is 13.6. The average Bonchev–Trinajstić information content (AvgIpc) is 2.82. The van der Waals surface area contributed by atoms with Crippen LogP contribution in [0.3, 0.4) is 0 Å². The van der Waals surface area contributed by atoms with Crippen molar-refractivity contribution in [2.75, 3.05) is 12.3 Å². The lowest BCUT2D eigenvalue weighted by Crippen LogP contribution is -2.07. The van der Waals surface area contributed by atoms with E-state index in [2.05, 4.69) is 22.0 Å². The molecule has 1 aromatic heterocycles. The number of carbonyl (C=O) groups excluding carboxylic acids is 1. The van der Waals surface area contributed by atoms with Crippen molar-refractivity contribution < 1.29 is 9.53 Å². The Morgan fingerprint density at radius 1 is 1.53 bits per heavy atom. The Labute approximate surface area is 123 Å². The van der Waals surface area contributed by atoms with Crippen molar-refractivity contribution >= 4 is 38.2 Å². The Morgan fingerprint density at radius 2 is 2.32 bits per heavy atom. The first-order valence-electron chi connectivity index (χ1n) is 5.99. The predicted octanol–water partition coefficient (Wildman–Crippen LogP) is 3.84. The number of anilines is 1. The molecule has 19 heavy (non-hydrogen) atoms. The number of nitrogen functional groups attached to an aromatic ring is 1. The highest BCUT2D eigenvalue weighted by molar-refractivity contribution is 9.10. The van der Waals surface area contributed by atoms with Crippen LogP contribution in [0, 0.1) is 0 Å². The van der Waals surface area contributed by atoms with E-state index in [1.165, 1.54) is 16.9 Å². The fourth-order valence-electron chi connectivity index (χ4n) is 2.44. The van der Waals surface area contributed by atoms with E-state index in [9.17, 15) is 4.79 Å². The molecule has 0 aliphatic heterocycles. The van der Waals surface area contributed by atoms with Crippen molar-refractivity contribution in [3.05, 3.63) is 38.7 Å². The molecule has 0 radical (unpaired) electrons. The van der Waals surface area contributed by atoms with E-state index in [0.717, 1.165) is 26.9 Å². The number of esters is 1. The van der Waals surface area contributed by atoms with E-state index in [1.54, 1.807) is 6.92 Å². The molecule has 5 heteroatoms. The maximum absolute atomic E-state index is 12.1. The fourth-order valence-corrected chi connectivity index (χ4v) is 3.94. The van der Waals surface area contributed by atoms with Crippen molar-refractivity contribution in [2.24, 2.45) is 0 Å². The van der Waals surface area contributed by atoms with Gasteiger partial charge in [-0.15, -0.1) is 11.3 Å². The van der Waals surface area contributed by atoms with Crippen molar-refractivity contribution in [1.82, 2.24) is 0 Å². The molecule has 98 valence electrons. The van der Waals surface area contributed by atoms with E-state index < -0.39 is 0 Å². The van der Waals surface area contributed by atoms with Crippen molar-refractivity contribution in [3.8, 4) is 11.1 Å². The second-order valence-electron chi connectivity index (χ2n) is 4.34. The third-order valence-corrected chi connectivity index (χ3v) is 4.69. The quantitative estimate of drug-likeness (QED) is 0.723. The zero-order valence-corrected chi connectivity index (χ0v) is 12.7. The normalized spacial score (nSPS) is 12.1. The Bertz CT molecular complexity index is 678. The Balaban J connectivity index is 2.17. The molecule has 1 heterocycles. The van der Waals surface area contributed by atoms with Gasteiger partial charge in [0.1, 0.15) is 10.6 Å². The summed E-state index contributed by atoms with van der Waals surface area (Å²) in [4.78, 5) is 13.2. The molecule has 0 fully saturated rings. The minimum absolute atomic E-state index is 0.326. The molecule has 0 spiro atoms. The topological polar surface area (TPSA) is 52.3 Å². The summed E-state index contributed by atoms with van der Waals surface area (Å²) in [5.74, 6) is -0.326. The van der Waals surface area contributed by atoms with Crippen LogP contribution in [-0.2, 0) is 11.2 Å². The van der Waals surface area contributed by atoms with Gasteiger partial charge in [-0.3, -0.25) is 0 Å². The van der Waals surface area contributed by atoms with Crippen molar-refractivity contribution in [2.45, 2.75) is 13.3 Å². The number of halogens is 1. The molecule has 0 atom stereocenters. The molecule has 2 aromatic rings. The van der Waals surface area contributed by atoms with Crippen molar-refractivity contribution in [1.29, 1.82) is 0 Å². The standard InChI is InChI=1S/C14H12BrNO2S/c1-2-18-14(17)12-11-9-4-3-8(15)5-7(9)6-10(11)19-13(12)16/h3-5H,2,6,16H2,1H3. The lowest BCUT2D eigenvalue weighted by molar-refractivity contribution is 0.0529. The molecule has 0 saturated heterocycles. The smallest absolute Gasteiger partial charge is 0.341 e. The molecule has 0 amide bonds. The highest BCUT2D eigenvalue weighted by Crippen LogP contribution is 2.47. The number of benzene rings is 1. The van der Waals surface area contributed by atoms with E-state index >= 15 is 0 Å². The van der Waals surface area contributed by atoms with Gasteiger partial charge in [0.05, 0.1) is 6.61 Å². The van der Waals surface area contributed by atoms with Gasteiger partial charge in [0.25, 0.3) is 0 Å². The Hall–Kier alpha value is -1.33. The first-order chi connectivity index (χ1) is 9.11. The maximum Gasteiger partial charge on any atom is 0.341 e. The van der Waals surface area contributed by atoms with Gasteiger partial charge >= 0.3 is 5.97 Å². The maximum atomic E-state index is 12.1. The highest BCUT2D eigenvalue weighted by Gasteiger charge is 2.30. The number of hydrogen-bond acceptors (Lipinski definition) is 4. The minimum atomic E-state index is -0.326. The average molecular weight is 338 g/mol. The lowest BCUT2D eigenvalue weighted by Gasteiger charge is -2.06. The number of nitrogens with two attached hydrogens (primary N) is 1. The van der Waals surface area contributed by atoms with Gasteiger partial charge in [0.2, 0.25) is 0 Å². The van der Waals surface area contributed by atoms with Crippen LogP contribution in [0.2, 0.25) is 0 Å². The second-order valence-corrected chi connectivity index (χ2v) is 6.39. The van der Waals surface area contributed by atoms with Crippen LogP contribution >= 0.6 is 27.3 Å². The SMILES string of the molecule is CCOC(=O)c1c(N)sc2c1-c1ccc(Br)cc1C2. The molecule has 1 aliphatic carbocycles. The molecule has 0 unspecified atom stereocenters. The van der Waals surface area contributed by atoms with Gasteiger partial charge in [0, 0.05) is 21.3 Å². The molecule has 1 aromatic carbocycles. The molecular formula is C14H12BrNO2S. The Kier molecular flexibility index (Phi) is 3.11. The fraction of sp³-hybridized carbons (Fsp3) is 0.214. The summed E-state index contributed by atoms with van der Waals surface area (Å²) in [6, 6.07) is 6.10. The lowest BCUT2D eigenvalue weighted by atomic mass is 10.0. The van der Waals surface area contributed by atoms with Crippen LogP contribution in [0.1, 0.15) is 27.7 Å². The van der Waals surface area contributed by atoms with Crippen LogP contribution in [-0.4, -0.2) is 12.6 Å². The molecule has 0 saturated carbocycles. The van der Waals surface area contributed by atoms with Crippen LogP contribution in [0.5, 0.6) is 0 Å². The molecule has 1 aliphatic rings. The van der Waals surface area contributed by atoms with Crippen molar-refractivity contribution in [3.63, 3.8) is 0 Å². The van der Waals surface area contributed by atoms with Gasteiger partial charge in [-0.1, -0.05) is 22.0 Å². The molecule has 0 bridgehead atoms. The molecule has 3 nitrogen and oxygen atoms in total. The first kappa shape index (κ1) is 12.7. The number of thiophene rings is 1. The second kappa shape index (κ2) is 4.65. The minimum Gasteiger partial charge on any atom is -0.462 e. The molecule has 3 rings (SSSR count). The molecular weight excluding hydrogens is 326 g/mol. The zero-order valence-electron chi connectivity index (χ0n) is 10.3. The summed E-state index contributed by atoms with van der Waals surface area (Å²) >= 11 is 4.95. The number of carbonyl (C=O) groups is 1. The van der Waals surface area contributed by atoms with Gasteiger partial charge < -0.3 is 10.5 Å². The predicted molar refractivity (Wildman–Crippen MR) is 80.6 cm³/mol. The number of fused-ring (bicyclic) bond motifs is 3. The van der Waals surface area contributed by atoms with Crippen LogP contribution in [0.15, 0.2) is 22.7 Å². The van der Waals surface area contributed by atoms with Gasteiger partial charge in [-0.05, 0) is 30.2 Å². The third-order valence-electron chi connectivity index (χ3n) is 3.18. The monoisotopic (exact) mass is 337 g/mol. The van der Waals surface area contributed by atoms with Crippen LogP contribution < -0.4 is 5.73 Å². The summed E-state index contributed by atoms with van der Waals surface area (Å²) < 4.78 is 6.16. The Morgan fingerprint density at radius 3 is 3.05 bits per heavy atom. The number of hydrogen-bond donors (Lipinski definition) is 1. The van der Waals surface area contributed by atoms with E-state index in [0.29, 0.717) is 17.2 Å². The van der Waals surface area contributed by atoms with Crippen LogP contribution in [0.25, 0.3) is 11.1 Å². The van der Waals surface area contributed by atoms with Gasteiger partial charge in [0.15, 0.2) is 0 Å². The summed E-state index contributed by atoms with van der Waals surface area (Å²) in [6.07, 6.45) is 0.832. The summed E-state index contributed by atoms with van der Waals surface area (Å²) in [5.41, 5.74) is 9.79. The number of rotatable bonds is 2. The first-order valence-corrected chi connectivity index (χ1v) is 7.59. The summed E-state index contributed by atoms with van der Waals surface area (Å²) in [5, 5.41) is 0.553. The summed E-state index contributed by atoms with van der Waals surface area (Å²) in [6.45, 7) is 2.15. The van der Waals surface area contributed by atoms with Gasteiger partial charge in [-0.2, -0.15) is 0 Å². The third kappa shape index (κ3) is 1.97. The summed E-state index contributed by atoms with van der Waals surface area (Å²) in [7, 11) is 0. The van der Waals surface area contributed by atoms with Crippen LogP contribution in [0.4, 0.5) is 5.00 Å².